The maximum Gasteiger partial charge on any atom is 0.348 e. The third-order valence-electron chi connectivity index (χ3n) is 4.10. The van der Waals surface area contributed by atoms with Crippen LogP contribution in [0.3, 0.4) is 0 Å². The van der Waals surface area contributed by atoms with Gasteiger partial charge in [0.05, 0.1) is 20.3 Å². The summed E-state index contributed by atoms with van der Waals surface area (Å²) in [5.74, 6) is 0.583. The summed E-state index contributed by atoms with van der Waals surface area (Å²) in [6, 6.07) is 5.04. The Morgan fingerprint density at radius 1 is 1.05 bits per heavy atom. The van der Waals surface area contributed by atoms with E-state index in [0.29, 0.717) is 42.9 Å². The molecule has 6 nitrogen and oxygen atoms in total. The first-order chi connectivity index (χ1) is 10.5. The smallest absolute Gasteiger partial charge is 0.348 e. The summed E-state index contributed by atoms with van der Waals surface area (Å²) in [4.78, 5) is 11.8. The number of benzene rings is 1. The van der Waals surface area contributed by atoms with Crippen molar-refractivity contribution in [3.8, 4) is 17.2 Å². The minimum Gasteiger partial charge on any atom is -0.496 e. The number of carboxylic acids is 1. The topological polar surface area (TPSA) is 74.2 Å². The van der Waals surface area contributed by atoms with E-state index >= 15 is 0 Å². The Morgan fingerprint density at radius 3 is 1.95 bits per heavy atom. The number of carboxylic acid groups (broad SMARTS) is 1. The normalized spacial score (nSPS) is 24.6. The van der Waals surface area contributed by atoms with Gasteiger partial charge in [-0.25, -0.2) is 4.79 Å². The average molecular weight is 310 g/mol. The third-order valence-corrected chi connectivity index (χ3v) is 4.10. The molecule has 1 aliphatic rings. The molecule has 0 aromatic heterocycles. The molecule has 0 radical (unpaired) electrons. The lowest BCUT2D eigenvalue weighted by Gasteiger charge is -2.36. The molecule has 0 aliphatic heterocycles. The molecule has 1 aromatic carbocycles. The van der Waals surface area contributed by atoms with Crippen molar-refractivity contribution < 1.29 is 28.8 Å². The van der Waals surface area contributed by atoms with Crippen LogP contribution in [-0.2, 0) is 9.53 Å². The summed E-state index contributed by atoms with van der Waals surface area (Å²) >= 11 is 0. The maximum atomic E-state index is 11.8. The summed E-state index contributed by atoms with van der Waals surface area (Å²) in [6.07, 6.45) is 2.21. The first kappa shape index (κ1) is 16.4. The lowest BCUT2D eigenvalue weighted by atomic mass is 9.83. The molecule has 1 saturated carbocycles. The fraction of sp³-hybridized carbons (Fsp3) is 0.562. The first-order valence-electron chi connectivity index (χ1n) is 7.21. The molecule has 1 N–H and O–H groups in total. The van der Waals surface area contributed by atoms with Gasteiger partial charge >= 0.3 is 5.97 Å². The minimum atomic E-state index is -1.23. The highest BCUT2D eigenvalue weighted by Gasteiger charge is 2.44. The molecule has 0 saturated heterocycles. The Bertz CT molecular complexity index is 497. The van der Waals surface area contributed by atoms with E-state index < -0.39 is 11.6 Å². The average Bonchev–Trinajstić information content (AvgIpc) is 2.54. The van der Waals surface area contributed by atoms with Gasteiger partial charge < -0.3 is 24.1 Å². The second kappa shape index (κ2) is 6.87. The number of carbonyl (C=O) groups is 1. The second-order valence-corrected chi connectivity index (χ2v) is 5.38. The zero-order chi connectivity index (χ0) is 16.2. The molecule has 1 aliphatic carbocycles. The van der Waals surface area contributed by atoms with Gasteiger partial charge in [-0.1, -0.05) is 0 Å². The minimum absolute atomic E-state index is 0.0934. The van der Waals surface area contributed by atoms with E-state index in [2.05, 4.69) is 0 Å². The molecule has 22 heavy (non-hydrogen) atoms. The maximum absolute atomic E-state index is 11.8. The summed E-state index contributed by atoms with van der Waals surface area (Å²) < 4.78 is 21.5. The highest BCUT2D eigenvalue weighted by atomic mass is 16.5. The first-order valence-corrected chi connectivity index (χ1v) is 7.21. The fourth-order valence-electron chi connectivity index (χ4n) is 2.72. The highest BCUT2D eigenvalue weighted by molar-refractivity contribution is 5.78. The van der Waals surface area contributed by atoms with Crippen molar-refractivity contribution in [2.24, 2.45) is 0 Å². The number of methoxy groups -OCH3 is 3. The van der Waals surface area contributed by atoms with Gasteiger partial charge in [0.1, 0.15) is 17.2 Å². The van der Waals surface area contributed by atoms with Crippen molar-refractivity contribution in [2.45, 2.75) is 37.4 Å². The van der Waals surface area contributed by atoms with Gasteiger partial charge in [-0.3, -0.25) is 0 Å². The van der Waals surface area contributed by atoms with Crippen LogP contribution in [0, 0.1) is 0 Å². The molecular formula is C16H22O6. The van der Waals surface area contributed by atoms with E-state index in [0.717, 1.165) is 0 Å². The van der Waals surface area contributed by atoms with Crippen LogP contribution in [0.15, 0.2) is 18.2 Å². The molecule has 6 heteroatoms. The molecular weight excluding hydrogens is 288 g/mol. The predicted octanol–water partition coefficient (Wildman–Crippen LogP) is 2.50. The van der Waals surface area contributed by atoms with E-state index in [1.165, 1.54) is 14.2 Å². The number of ether oxygens (including phenoxy) is 4. The van der Waals surface area contributed by atoms with Crippen molar-refractivity contribution in [1.29, 1.82) is 0 Å². The highest BCUT2D eigenvalue weighted by Crippen LogP contribution is 2.37. The molecule has 1 aromatic rings. The van der Waals surface area contributed by atoms with Gasteiger partial charge in [-0.2, -0.15) is 0 Å². The third kappa shape index (κ3) is 3.44. The van der Waals surface area contributed by atoms with E-state index in [9.17, 15) is 9.90 Å². The molecule has 1 fully saturated rings. The van der Waals surface area contributed by atoms with Crippen molar-refractivity contribution in [3.63, 3.8) is 0 Å². The SMILES string of the molecule is COc1cc(OC)cc(OC2(C(=O)O)CCC(OC)CC2)c1. The molecule has 0 bridgehead atoms. The Balaban J connectivity index is 2.23. The van der Waals surface area contributed by atoms with Crippen LogP contribution < -0.4 is 14.2 Å². The van der Waals surface area contributed by atoms with Crippen LogP contribution in [0.1, 0.15) is 25.7 Å². The van der Waals surface area contributed by atoms with Crippen LogP contribution >= 0.6 is 0 Å². The Morgan fingerprint density at radius 2 is 1.55 bits per heavy atom. The number of aliphatic carboxylic acids is 1. The van der Waals surface area contributed by atoms with E-state index in [4.69, 9.17) is 18.9 Å². The van der Waals surface area contributed by atoms with Gasteiger partial charge in [0.2, 0.25) is 5.60 Å². The number of hydrogen-bond acceptors (Lipinski definition) is 5. The summed E-state index contributed by atoms with van der Waals surface area (Å²) in [6.45, 7) is 0. The largest absolute Gasteiger partial charge is 0.496 e. The van der Waals surface area contributed by atoms with Crippen molar-refractivity contribution in [3.05, 3.63) is 18.2 Å². The lowest BCUT2D eigenvalue weighted by Crippen LogP contribution is -2.48. The van der Waals surface area contributed by atoms with E-state index in [1.54, 1.807) is 25.3 Å². The fourth-order valence-corrected chi connectivity index (χ4v) is 2.72. The van der Waals surface area contributed by atoms with Crippen molar-refractivity contribution >= 4 is 5.97 Å². The summed E-state index contributed by atoms with van der Waals surface area (Å²) in [7, 11) is 4.72. The van der Waals surface area contributed by atoms with Crippen molar-refractivity contribution in [2.75, 3.05) is 21.3 Å². The van der Waals surface area contributed by atoms with Gasteiger partial charge in [-0.05, 0) is 12.8 Å². The number of hydrogen-bond donors (Lipinski definition) is 1. The van der Waals surface area contributed by atoms with Crippen molar-refractivity contribution in [1.82, 2.24) is 0 Å². The van der Waals surface area contributed by atoms with Crippen LogP contribution in [0.2, 0.25) is 0 Å². The quantitative estimate of drug-likeness (QED) is 0.870. The molecule has 2 rings (SSSR count). The summed E-state index contributed by atoms with van der Waals surface area (Å²) in [5, 5.41) is 9.63. The standard InChI is InChI=1S/C16H22O6/c1-19-11-4-6-16(7-5-11,15(17)18)22-14-9-12(20-2)8-13(10-14)21-3/h8-11H,4-7H2,1-3H3,(H,17,18). The number of rotatable bonds is 6. The molecule has 122 valence electrons. The molecule has 0 atom stereocenters. The van der Waals surface area contributed by atoms with Gasteiger partial charge in [0.25, 0.3) is 0 Å². The van der Waals surface area contributed by atoms with Crippen LogP contribution in [0.25, 0.3) is 0 Å². The lowest BCUT2D eigenvalue weighted by molar-refractivity contribution is -0.160. The van der Waals surface area contributed by atoms with E-state index in [1.807, 2.05) is 0 Å². The Labute approximate surface area is 129 Å². The van der Waals surface area contributed by atoms with Crippen LogP contribution in [0.5, 0.6) is 17.2 Å². The predicted molar refractivity (Wildman–Crippen MR) is 79.8 cm³/mol. The van der Waals surface area contributed by atoms with Gasteiger partial charge in [0, 0.05) is 38.2 Å². The van der Waals surface area contributed by atoms with Crippen LogP contribution in [-0.4, -0.2) is 44.1 Å². The summed E-state index contributed by atoms with van der Waals surface area (Å²) in [5.41, 5.74) is -1.23. The zero-order valence-electron chi connectivity index (χ0n) is 13.1. The molecule has 0 heterocycles. The molecule has 0 unspecified atom stereocenters. The van der Waals surface area contributed by atoms with Gasteiger partial charge in [0.15, 0.2) is 0 Å². The second-order valence-electron chi connectivity index (χ2n) is 5.38. The monoisotopic (exact) mass is 310 g/mol. The molecule has 0 spiro atoms. The van der Waals surface area contributed by atoms with Crippen LogP contribution in [0.4, 0.5) is 0 Å². The van der Waals surface area contributed by atoms with Gasteiger partial charge in [-0.15, -0.1) is 0 Å². The zero-order valence-corrected chi connectivity index (χ0v) is 13.1. The molecule has 0 amide bonds. The Kier molecular flexibility index (Phi) is 5.13. The van der Waals surface area contributed by atoms with E-state index in [-0.39, 0.29) is 6.10 Å². The Hall–Kier alpha value is -1.95.